The summed E-state index contributed by atoms with van der Waals surface area (Å²) in [5.41, 5.74) is 2.66. The predicted octanol–water partition coefficient (Wildman–Crippen LogP) is 2.53. The van der Waals surface area contributed by atoms with Crippen LogP contribution in [0, 0.1) is 13.8 Å². The number of carbonyl (C=O) groups is 1. The number of methoxy groups -OCH3 is 1. The van der Waals surface area contributed by atoms with Crippen molar-refractivity contribution in [2.24, 2.45) is 0 Å². The first-order chi connectivity index (χ1) is 13.3. The maximum absolute atomic E-state index is 13.7. The molecule has 0 unspecified atom stereocenters. The maximum Gasteiger partial charge on any atom is 0.329 e. The molecule has 8 heteroatoms. The zero-order chi connectivity index (χ0) is 20.5. The van der Waals surface area contributed by atoms with E-state index < -0.39 is 28.6 Å². The highest BCUT2D eigenvalue weighted by Crippen LogP contribution is 2.39. The van der Waals surface area contributed by atoms with Gasteiger partial charge in [-0.2, -0.15) is 0 Å². The Labute approximate surface area is 164 Å². The predicted molar refractivity (Wildman–Crippen MR) is 105 cm³/mol. The van der Waals surface area contributed by atoms with E-state index in [1.54, 1.807) is 38.1 Å². The quantitative estimate of drug-likeness (QED) is 0.761. The summed E-state index contributed by atoms with van der Waals surface area (Å²) >= 11 is 0. The van der Waals surface area contributed by atoms with Crippen LogP contribution in [0.4, 0.5) is 5.69 Å². The molecule has 0 saturated carbocycles. The van der Waals surface area contributed by atoms with E-state index in [1.165, 1.54) is 11.4 Å². The van der Waals surface area contributed by atoms with Gasteiger partial charge in [-0.05, 0) is 55.2 Å². The van der Waals surface area contributed by atoms with Gasteiger partial charge in [0.2, 0.25) is 0 Å². The topological polar surface area (TPSA) is 93.1 Å². The molecule has 1 atom stereocenters. The number of sulfonamides is 1. The zero-order valence-electron chi connectivity index (χ0n) is 16.0. The number of fused-ring (bicyclic) bond motifs is 1. The van der Waals surface area contributed by atoms with Crippen LogP contribution >= 0.6 is 0 Å². The molecule has 1 aliphatic heterocycles. The van der Waals surface area contributed by atoms with Gasteiger partial charge in [0.1, 0.15) is 12.4 Å². The molecule has 7 nitrogen and oxygen atoms in total. The number of aliphatic carboxylic acids is 1. The SMILES string of the molecule is COc1cc(C)c(S(=O)(=O)N2c3ccccc3C[C@H]2COCC(=O)O)c(C)c1. The second-order valence-electron chi connectivity index (χ2n) is 6.79. The summed E-state index contributed by atoms with van der Waals surface area (Å²) in [6, 6.07) is 10.2. The standard InChI is InChI=1S/C20H23NO6S/c1-13-8-17(26-3)9-14(2)20(13)28(24,25)21-16(11-27-12-19(22)23)10-15-6-4-5-7-18(15)21/h4-9,16H,10-12H2,1-3H3,(H,22,23)/t16-/m0/s1. The van der Waals surface area contributed by atoms with Gasteiger partial charge >= 0.3 is 5.97 Å². The number of carboxylic acids is 1. The summed E-state index contributed by atoms with van der Waals surface area (Å²) in [7, 11) is -2.35. The number of benzene rings is 2. The smallest absolute Gasteiger partial charge is 0.329 e. The second-order valence-corrected chi connectivity index (χ2v) is 8.54. The van der Waals surface area contributed by atoms with Crippen LogP contribution in [0.3, 0.4) is 0 Å². The molecular weight excluding hydrogens is 382 g/mol. The summed E-state index contributed by atoms with van der Waals surface area (Å²) in [6.07, 6.45) is 0.462. The van der Waals surface area contributed by atoms with Crippen molar-refractivity contribution in [2.75, 3.05) is 24.6 Å². The van der Waals surface area contributed by atoms with Crippen LogP contribution in [0.15, 0.2) is 41.3 Å². The van der Waals surface area contributed by atoms with Crippen molar-refractivity contribution in [1.82, 2.24) is 0 Å². The number of hydrogen-bond acceptors (Lipinski definition) is 5. The lowest BCUT2D eigenvalue weighted by atomic mass is 10.1. The molecule has 0 radical (unpaired) electrons. The highest BCUT2D eigenvalue weighted by molar-refractivity contribution is 7.93. The van der Waals surface area contributed by atoms with Gasteiger partial charge in [0.15, 0.2) is 0 Å². The van der Waals surface area contributed by atoms with Crippen molar-refractivity contribution < 1.29 is 27.8 Å². The molecular formula is C20H23NO6S. The molecule has 0 aromatic heterocycles. The Morgan fingerprint density at radius 3 is 2.46 bits per heavy atom. The third-order valence-electron chi connectivity index (χ3n) is 4.74. The molecule has 3 rings (SSSR count). The lowest BCUT2D eigenvalue weighted by molar-refractivity contribution is -0.142. The average molecular weight is 405 g/mol. The number of carboxylic acid groups (broad SMARTS) is 1. The Hall–Kier alpha value is -2.58. The van der Waals surface area contributed by atoms with Gasteiger partial charge in [0.05, 0.1) is 30.3 Å². The summed E-state index contributed by atoms with van der Waals surface area (Å²) in [5, 5.41) is 8.82. The van der Waals surface area contributed by atoms with Gasteiger partial charge in [0, 0.05) is 0 Å². The Morgan fingerprint density at radius 2 is 1.86 bits per heavy atom. The van der Waals surface area contributed by atoms with E-state index in [1.807, 2.05) is 12.1 Å². The molecule has 2 aromatic rings. The Balaban J connectivity index is 2.05. The van der Waals surface area contributed by atoms with Gasteiger partial charge in [-0.25, -0.2) is 13.2 Å². The van der Waals surface area contributed by atoms with Gasteiger partial charge in [-0.15, -0.1) is 0 Å². The van der Waals surface area contributed by atoms with Crippen LogP contribution in [-0.2, 0) is 26.0 Å². The van der Waals surface area contributed by atoms with E-state index in [0.717, 1.165) is 5.56 Å². The molecule has 1 aliphatic rings. The van der Waals surface area contributed by atoms with E-state index in [0.29, 0.717) is 29.0 Å². The second kappa shape index (κ2) is 7.81. The van der Waals surface area contributed by atoms with Gasteiger partial charge < -0.3 is 14.6 Å². The fourth-order valence-corrected chi connectivity index (χ4v) is 5.79. The Morgan fingerprint density at radius 1 is 1.21 bits per heavy atom. The monoisotopic (exact) mass is 405 g/mol. The van der Waals surface area contributed by atoms with Crippen molar-refractivity contribution >= 4 is 21.7 Å². The van der Waals surface area contributed by atoms with Gasteiger partial charge in [-0.1, -0.05) is 18.2 Å². The van der Waals surface area contributed by atoms with Gasteiger partial charge in [0.25, 0.3) is 10.0 Å². The van der Waals surface area contributed by atoms with Crippen LogP contribution in [0.2, 0.25) is 0 Å². The lowest BCUT2D eigenvalue weighted by Gasteiger charge is -2.28. The van der Waals surface area contributed by atoms with Crippen LogP contribution in [0.1, 0.15) is 16.7 Å². The van der Waals surface area contributed by atoms with E-state index in [9.17, 15) is 13.2 Å². The molecule has 0 bridgehead atoms. The van der Waals surface area contributed by atoms with E-state index in [4.69, 9.17) is 14.6 Å². The molecule has 28 heavy (non-hydrogen) atoms. The molecule has 0 aliphatic carbocycles. The Kier molecular flexibility index (Phi) is 5.62. The number of ether oxygens (including phenoxy) is 2. The van der Waals surface area contributed by atoms with Crippen molar-refractivity contribution in [1.29, 1.82) is 0 Å². The number of para-hydroxylation sites is 1. The summed E-state index contributed by atoms with van der Waals surface area (Å²) in [5.74, 6) is -0.496. The number of aryl methyl sites for hydroxylation is 2. The number of hydrogen-bond donors (Lipinski definition) is 1. The Bertz CT molecular complexity index is 979. The minimum Gasteiger partial charge on any atom is -0.497 e. The van der Waals surface area contributed by atoms with E-state index in [2.05, 4.69) is 0 Å². The number of anilines is 1. The third kappa shape index (κ3) is 3.70. The first-order valence-corrected chi connectivity index (χ1v) is 10.3. The van der Waals surface area contributed by atoms with Crippen LogP contribution in [0.5, 0.6) is 5.75 Å². The van der Waals surface area contributed by atoms with E-state index in [-0.39, 0.29) is 11.5 Å². The van der Waals surface area contributed by atoms with Crippen LogP contribution in [0.25, 0.3) is 0 Å². The summed E-state index contributed by atoms with van der Waals surface area (Å²) in [4.78, 5) is 11.0. The first-order valence-electron chi connectivity index (χ1n) is 8.82. The molecule has 0 amide bonds. The third-order valence-corrected chi connectivity index (χ3v) is 6.91. The first kappa shape index (κ1) is 20.2. The van der Waals surface area contributed by atoms with Crippen molar-refractivity contribution in [3.8, 4) is 5.75 Å². The lowest BCUT2D eigenvalue weighted by Crippen LogP contribution is -2.41. The molecule has 1 N–H and O–H groups in total. The number of nitrogens with zero attached hydrogens (tertiary/aromatic N) is 1. The average Bonchev–Trinajstić information content (AvgIpc) is 2.99. The largest absolute Gasteiger partial charge is 0.497 e. The highest BCUT2D eigenvalue weighted by Gasteiger charge is 2.39. The molecule has 2 aromatic carbocycles. The number of rotatable bonds is 7. The summed E-state index contributed by atoms with van der Waals surface area (Å²) < 4.78 is 39.2. The normalized spacial score (nSPS) is 16.1. The minimum absolute atomic E-state index is 0.00550. The maximum atomic E-state index is 13.7. The molecule has 150 valence electrons. The molecule has 1 heterocycles. The summed E-state index contributed by atoms with van der Waals surface area (Å²) in [6.45, 7) is 3.00. The fraction of sp³-hybridized carbons (Fsp3) is 0.350. The fourth-order valence-electron chi connectivity index (χ4n) is 3.70. The molecule has 0 fully saturated rings. The zero-order valence-corrected chi connectivity index (χ0v) is 16.8. The molecule has 0 spiro atoms. The van der Waals surface area contributed by atoms with Crippen LogP contribution in [-0.4, -0.2) is 45.9 Å². The van der Waals surface area contributed by atoms with Crippen molar-refractivity contribution in [3.63, 3.8) is 0 Å². The molecule has 0 saturated heterocycles. The van der Waals surface area contributed by atoms with Crippen molar-refractivity contribution in [3.05, 3.63) is 53.1 Å². The van der Waals surface area contributed by atoms with Crippen molar-refractivity contribution in [2.45, 2.75) is 31.2 Å². The van der Waals surface area contributed by atoms with Crippen LogP contribution < -0.4 is 9.04 Å². The highest BCUT2D eigenvalue weighted by atomic mass is 32.2. The van der Waals surface area contributed by atoms with Gasteiger partial charge in [-0.3, -0.25) is 4.31 Å². The van der Waals surface area contributed by atoms with E-state index >= 15 is 0 Å². The minimum atomic E-state index is -3.89.